The fraction of sp³-hybridized carbons (Fsp3) is 0.500. The summed E-state index contributed by atoms with van der Waals surface area (Å²) in [4.78, 5) is 15.8. The third kappa shape index (κ3) is 2.17. The van der Waals surface area contributed by atoms with Crippen LogP contribution in [0.3, 0.4) is 0 Å². The van der Waals surface area contributed by atoms with E-state index < -0.39 is 0 Å². The summed E-state index contributed by atoms with van der Waals surface area (Å²) in [5, 5.41) is 0. The van der Waals surface area contributed by atoms with Crippen LogP contribution in [0, 0.1) is 12.8 Å². The Kier molecular flexibility index (Phi) is 2.71. The van der Waals surface area contributed by atoms with Crippen molar-refractivity contribution in [1.82, 2.24) is 4.98 Å². The third-order valence-corrected chi connectivity index (χ3v) is 2.67. The van der Waals surface area contributed by atoms with Crippen LogP contribution in [0.2, 0.25) is 0 Å². The van der Waals surface area contributed by atoms with Gasteiger partial charge in [0.05, 0.1) is 12.5 Å². The molecule has 1 heterocycles. The lowest BCUT2D eigenvalue weighted by atomic mass is 10.2. The molecule has 0 N–H and O–H groups in total. The van der Waals surface area contributed by atoms with Crippen LogP contribution >= 0.6 is 0 Å². The van der Waals surface area contributed by atoms with Crippen LogP contribution in [0.15, 0.2) is 18.2 Å². The quantitative estimate of drug-likeness (QED) is 0.709. The average Bonchev–Trinajstić information content (AvgIpc) is 2.97. The number of rotatable bonds is 3. The number of carbonyl (C=O) groups is 1. The minimum atomic E-state index is -0.0780. The predicted molar refractivity (Wildman–Crippen MR) is 56.5 cm³/mol. The fourth-order valence-electron chi connectivity index (χ4n) is 1.80. The maximum atomic E-state index is 11.4. The van der Waals surface area contributed by atoms with Crippen LogP contribution in [0.4, 0.5) is 0 Å². The van der Waals surface area contributed by atoms with Gasteiger partial charge in [0.2, 0.25) is 0 Å². The summed E-state index contributed by atoms with van der Waals surface area (Å²) < 4.78 is 4.98. The van der Waals surface area contributed by atoms with E-state index in [2.05, 4.69) is 4.98 Å². The van der Waals surface area contributed by atoms with Crippen molar-refractivity contribution >= 4 is 5.97 Å². The minimum Gasteiger partial charge on any atom is -0.466 e. The first-order valence-electron chi connectivity index (χ1n) is 5.32. The smallest absolute Gasteiger partial charge is 0.309 e. The lowest BCUT2D eigenvalue weighted by molar-refractivity contribution is -0.144. The van der Waals surface area contributed by atoms with Crippen LogP contribution in [0.25, 0.3) is 0 Å². The maximum absolute atomic E-state index is 11.4. The minimum absolute atomic E-state index is 0.0410. The Morgan fingerprint density at radius 1 is 1.60 bits per heavy atom. The molecule has 3 heteroatoms. The van der Waals surface area contributed by atoms with Gasteiger partial charge in [-0.1, -0.05) is 6.07 Å². The van der Waals surface area contributed by atoms with Gasteiger partial charge in [-0.2, -0.15) is 0 Å². The van der Waals surface area contributed by atoms with Crippen molar-refractivity contribution < 1.29 is 9.53 Å². The first kappa shape index (κ1) is 10.1. The molecule has 0 radical (unpaired) electrons. The zero-order valence-corrected chi connectivity index (χ0v) is 9.06. The molecule has 2 rings (SSSR count). The molecule has 1 aliphatic rings. The average molecular weight is 205 g/mol. The van der Waals surface area contributed by atoms with Crippen molar-refractivity contribution in [3.05, 3.63) is 29.6 Å². The van der Waals surface area contributed by atoms with Crippen molar-refractivity contribution in [3.8, 4) is 0 Å². The molecule has 1 aromatic rings. The summed E-state index contributed by atoms with van der Waals surface area (Å²) in [6.07, 6.45) is 0.884. The second-order valence-corrected chi connectivity index (χ2v) is 3.90. The molecule has 80 valence electrons. The van der Waals surface area contributed by atoms with Gasteiger partial charge in [0.1, 0.15) is 0 Å². The van der Waals surface area contributed by atoms with Crippen LogP contribution in [0.5, 0.6) is 0 Å². The highest BCUT2D eigenvalue weighted by Gasteiger charge is 2.46. The molecule has 1 fully saturated rings. The lowest BCUT2D eigenvalue weighted by Gasteiger charge is -2.01. The number of esters is 1. The molecule has 0 amide bonds. The zero-order valence-electron chi connectivity index (χ0n) is 9.06. The van der Waals surface area contributed by atoms with Crippen molar-refractivity contribution in [2.24, 2.45) is 5.92 Å². The fourth-order valence-corrected chi connectivity index (χ4v) is 1.80. The summed E-state index contributed by atoms with van der Waals surface area (Å²) in [6, 6.07) is 5.93. The second-order valence-electron chi connectivity index (χ2n) is 3.90. The topological polar surface area (TPSA) is 39.2 Å². The van der Waals surface area contributed by atoms with E-state index in [4.69, 9.17) is 4.74 Å². The van der Waals surface area contributed by atoms with Gasteiger partial charge in [0.25, 0.3) is 0 Å². The number of aryl methyl sites for hydroxylation is 1. The predicted octanol–water partition coefficient (Wildman–Crippen LogP) is 2.06. The number of hydrogen-bond donors (Lipinski definition) is 0. The van der Waals surface area contributed by atoms with E-state index in [1.54, 1.807) is 0 Å². The third-order valence-electron chi connectivity index (χ3n) is 2.67. The molecule has 1 aliphatic carbocycles. The van der Waals surface area contributed by atoms with Gasteiger partial charge in [0, 0.05) is 17.3 Å². The first-order chi connectivity index (χ1) is 7.22. The Morgan fingerprint density at radius 3 is 3.07 bits per heavy atom. The SMILES string of the molecule is CCOC(=O)C1CC1c1cccc(C)n1. The van der Waals surface area contributed by atoms with Gasteiger partial charge in [-0.3, -0.25) is 9.78 Å². The van der Waals surface area contributed by atoms with E-state index in [-0.39, 0.29) is 17.8 Å². The number of ether oxygens (including phenoxy) is 1. The van der Waals surface area contributed by atoms with E-state index in [1.165, 1.54) is 0 Å². The molecule has 1 aromatic heterocycles. The highest BCUT2D eigenvalue weighted by atomic mass is 16.5. The standard InChI is InChI=1S/C12H15NO2/c1-3-15-12(14)10-7-9(10)11-6-4-5-8(2)13-11/h4-6,9-10H,3,7H2,1-2H3. The molecule has 1 saturated carbocycles. The summed E-state index contributed by atoms with van der Waals surface area (Å²) in [5.74, 6) is 0.244. The monoisotopic (exact) mass is 205 g/mol. The molecule has 0 saturated heterocycles. The van der Waals surface area contributed by atoms with Gasteiger partial charge >= 0.3 is 5.97 Å². The molecule has 2 unspecified atom stereocenters. The number of nitrogens with zero attached hydrogens (tertiary/aromatic N) is 1. The molecule has 0 aromatic carbocycles. The molecule has 0 spiro atoms. The van der Waals surface area contributed by atoms with Crippen molar-refractivity contribution in [2.45, 2.75) is 26.2 Å². The van der Waals surface area contributed by atoms with Crippen LogP contribution in [0.1, 0.15) is 30.7 Å². The van der Waals surface area contributed by atoms with Gasteiger partial charge in [-0.05, 0) is 32.4 Å². The van der Waals surface area contributed by atoms with Crippen LogP contribution < -0.4 is 0 Å². The molecule has 3 nitrogen and oxygen atoms in total. The van der Waals surface area contributed by atoms with E-state index in [0.29, 0.717) is 6.61 Å². The van der Waals surface area contributed by atoms with Crippen LogP contribution in [-0.4, -0.2) is 17.6 Å². The van der Waals surface area contributed by atoms with Gasteiger partial charge in [-0.25, -0.2) is 0 Å². The van der Waals surface area contributed by atoms with Crippen molar-refractivity contribution in [3.63, 3.8) is 0 Å². The largest absolute Gasteiger partial charge is 0.466 e. The van der Waals surface area contributed by atoms with Gasteiger partial charge in [-0.15, -0.1) is 0 Å². The number of pyridine rings is 1. The molecular weight excluding hydrogens is 190 g/mol. The Labute approximate surface area is 89.5 Å². The van der Waals surface area contributed by atoms with Crippen molar-refractivity contribution in [2.75, 3.05) is 6.61 Å². The Bertz CT molecular complexity index is 376. The van der Waals surface area contributed by atoms with E-state index in [0.717, 1.165) is 17.8 Å². The first-order valence-corrected chi connectivity index (χ1v) is 5.32. The Balaban J connectivity index is 2.01. The van der Waals surface area contributed by atoms with E-state index in [1.807, 2.05) is 32.0 Å². The number of carbonyl (C=O) groups excluding carboxylic acids is 1. The second kappa shape index (κ2) is 4.01. The van der Waals surface area contributed by atoms with Gasteiger partial charge in [0.15, 0.2) is 0 Å². The Hall–Kier alpha value is -1.38. The summed E-state index contributed by atoms with van der Waals surface area (Å²) in [6.45, 7) is 4.26. The molecule has 0 aliphatic heterocycles. The van der Waals surface area contributed by atoms with Crippen molar-refractivity contribution in [1.29, 1.82) is 0 Å². The molecular formula is C12H15NO2. The van der Waals surface area contributed by atoms with E-state index >= 15 is 0 Å². The molecule has 0 bridgehead atoms. The normalized spacial score (nSPS) is 23.6. The number of hydrogen-bond acceptors (Lipinski definition) is 3. The summed E-state index contributed by atoms with van der Waals surface area (Å²) in [5.41, 5.74) is 2.02. The maximum Gasteiger partial charge on any atom is 0.309 e. The Morgan fingerprint density at radius 2 is 2.40 bits per heavy atom. The highest BCUT2D eigenvalue weighted by Crippen LogP contribution is 2.47. The zero-order chi connectivity index (χ0) is 10.8. The van der Waals surface area contributed by atoms with E-state index in [9.17, 15) is 4.79 Å². The molecule has 2 atom stereocenters. The van der Waals surface area contributed by atoms with Crippen LogP contribution in [-0.2, 0) is 9.53 Å². The van der Waals surface area contributed by atoms with Gasteiger partial charge < -0.3 is 4.74 Å². The highest BCUT2D eigenvalue weighted by molar-refractivity contribution is 5.77. The molecule has 15 heavy (non-hydrogen) atoms. The lowest BCUT2D eigenvalue weighted by Crippen LogP contribution is -2.07. The number of aromatic nitrogens is 1. The summed E-state index contributed by atoms with van der Waals surface area (Å²) in [7, 11) is 0. The summed E-state index contributed by atoms with van der Waals surface area (Å²) >= 11 is 0.